The predicted molar refractivity (Wildman–Crippen MR) is 48.7 cm³/mol. The number of phenolic OH excluding ortho intramolecular Hbond substituents is 1. The van der Waals surface area contributed by atoms with E-state index in [0.29, 0.717) is 17.8 Å². The summed E-state index contributed by atoms with van der Waals surface area (Å²) >= 11 is 0. The van der Waals surface area contributed by atoms with Gasteiger partial charge in [0, 0.05) is 5.39 Å². The van der Waals surface area contributed by atoms with Crippen LogP contribution in [0.15, 0.2) is 28.7 Å². The SMILES string of the molecule is O=COCc1cc2cccc(O)c2o1. The summed E-state index contributed by atoms with van der Waals surface area (Å²) in [5.41, 5.74) is 0.414. The lowest BCUT2D eigenvalue weighted by Gasteiger charge is -1.92. The third-order valence-corrected chi connectivity index (χ3v) is 1.87. The van der Waals surface area contributed by atoms with Crippen molar-refractivity contribution in [1.29, 1.82) is 0 Å². The van der Waals surface area contributed by atoms with Gasteiger partial charge in [0.25, 0.3) is 6.47 Å². The third-order valence-electron chi connectivity index (χ3n) is 1.87. The molecule has 0 aliphatic rings. The van der Waals surface area contributed by atoms with Crippen LogP contribution in [0, 0.1) is 0 Å². The van der Waals surface area contributed by atoms with E-state index < -0.39 is 0 Å². The van der Waals surface area contributed by atoms with Gasteiger partial charge in [0.1, 0.15) is 12.4 Å². The molecule has 0 fully saturated rings. The van der Waals surface area contributed by atoms with E-state index in [1.807, 2.05) is 6.07 Å². The van der Waals surface area contributed by atoms with Crippen LogP contribution in [0.4, 0.5) is 0 Å². The summed E-state index contributed by atoms with van der Waals surface area (Å²) in [6.07, 6.45) is 0. The number of phenols is 1. The quantitative estimate of drug-likeness (QED) is 0.753. The summed E-state index contributed by atoms with van der Waals surface area (Å²) in [7, 11) is 0. The second kappa shape index (κ2) is 3.41. The number of rotatable bonds is 3. The highest BCUT2D eigenvalue weighted by molar-refractivity contribution is 5.83. The molecule has 0 unspecified atom stereocenters. The number of hydrogen-bond donors (Lipinski definition) is 1. The van der Waals surface area contributed by atoms with E-state index in [9.17, 15) is 9.90 Å². The van der Waals surface area contributed by atoms with Gasteiger partial charge in [-0.1, -0.05) is 12.1 Å². The van der Waals surface area contributed by atoms with Crippen molar-refractivity contribution in [3.05, 3.63) is 30.0 Å². The Balaban J connectivity index is 2.41. The molecule has 0 amide bonds. The van der Waals surface area contributed by atoms with Gasteiger partial charge in [0.05, 0.1) is 0 Å². The van der Waals surface area contributed by atoms with E-state index in [2.05, 4.69) is 4.74 Å². The van der Waals surface area contributed by atoms with Crippen molar-refractivity contribution in [2.24, 2.45) is 0 Å². The van der Waals surface area contributed by atoms with Gasteiger partial charge in [-0.15, -0.1) is 0 Å². The number of benzene rings is 1. The van der Waals surface area contributed by atoms with E-state index in [-0.39, 0.29) is 12.4 Å². The molecule has 0 aliphatic carbocycles. The minimum absolute atomic E-state index is 0.0810. The topological polar surface area (TPSA) is 59.7 Å². The Labute approximate surface area is 79.7 Å². The zero-order valence-electron chi connectivity index (χ0n) is 7.27. The number of hydrogen-bond acceptors (Lipinski definition) is 4. The average molecular weight is 192 g/mol. The second-order valence-corrected chi connectivity index (χ2v) is 2.82. The van der Waals surface area contributed by atoms with E-state index in [0.717, 1.165) is 5.39 Å². The molecule has 4 nitrogen and oxygen atoms in total. The Morgan fingerprint density at radius 1 is 1.50 bits per heavy atom. The Bertz CT molecular complexity index is 458. The molecule has 1 heterocycles. The lowest BCUT2D eigenvalue weighted by atomic mass is 10.2. The molecule has 0 atom stereocenters. The van der Waals surface area contributed by atoms with Crippen LogP contribution in [0.25, 0.3) is 11.0 Å². The minimum atomic E-state index is 0.0810. The highest BCUT2D eigenvalue weighted by Crippen LogP contribution is 2.27. The summed E-state index contributed by atoms with van der Waals surface area (Å²) in [6.45, 7) is 0.435. The zero-order chi connectivity index (χ0) is 9.97. The predicted octanol–water partition coefficient (Wildman–Crippen LogP) is 1.81. The Morgan fingerprint density at radius 2 is 2.36 bits per heavy atom. The first-order chi connectivity index (χ1) is 6.81. The maximum atomic E-state index is 9.95. The molecular weight excluding hydrogens is 184 g/mol. The second-order valence-electron chi connectivity index (χ2n) is 2.82. The number of aromatic hydroxyl groups is 1. The van der Waals surface area contributed by atoms with Crippen molar-refractivity contribution in [3.8, 4) is 5.75 Å². The van der Waals surface area contributed by atoms with Crippen molar-refractivity contribution in [2.75, 3.05) is 0 Å². The fraction of sp³-hybridized carbons (Fsp3) is 0.100. The van der Waals surface area contributed by atoms with Crippen LogP contribution in [0.1, 0.15) is 5.76 Å². The van der Waals surface area contributed by atoms with Crippen molar-refractivity contribution in [3.63, 3.8) is 0 Å². The first kappa shape index (κ1) is 8.62. The molecule has 0 aliphatic heterocycles. The molecule has 2 rings (SSSR count). The molecule has 4 heteroatoms. The van der Waals surface area contributed by atoms with Gasteiger partial charge in [0.15, 0.2) is 11.3 Å². The lowest BCUT2D eigenvalue weighted by Crippen LogP contribution is -1.85. The summed E-state index contributed by atoms with van der Waals surface area (Å²) in [6, 6.07) is 6.79. The van der Waals surface area contributed by atoms with E-state index in [1.165, 1.54) is 6.07 Å². The largest absolute Gasteiger partial charge is 0.504 e. The zero-order valence-corrected chi connectivity index (χ0v) is 7.27. The highest BCUT2D eigenvalue weighted by atomic mass is 16.5. The number of furan rings is 1. The van der Waals surface area contributed by atoms with E-state index in [1.54, 1.807) is 12.1 Å². The molecule has 0 saturated carbocycles. The molecule has 0 saturated heterocycles. The molecule has 0 radical (unpaired) electrons. The summed E-state index contributed by atoms with van der Waals surface area (Å²) < 4.78 is 9.80. The monoisotopic (exact) mass is 192 g/mol. The first-order valence-corrected chi connectivity index (χ1v) is 4.07. The molecular formula is C10H8O4. The Kier molecular flexibility index (Phi) is 2.10. The van der Waals surface area contributed by atoms with Crippen LogP contribution in [0.3, 0.4) is 0 Å². The van der Waals surface area contributed by atoms with Crippen molar-refractivity contribution >= 4 is 17.4 Å². The van der Waals surface area contributed by atoms with Gasteiger partial charge < -0.3 is 14.3 Å². The van der Waals surface area contributed by atoms with Crippen LogP contribution in [0.2, 0.25) is 0 Å². The van der Waals surface area contributed by atoms with Crippen LogP contribution in [0.5, 0.6) is 5.75 Å². The summed E-state index contributed by atoms with van der Waals surface area (Å²) in [5, 5.41) is 10.2. The molecule has 2 aromatic rings. The van der Waals surface area contributed by atoms with Gasteiger partial charge in [0.2, 0.25) is 0 Å². The maximum absolute atomic E-state index is 9.95. The fourth-order valence-electron chi connectivity index (χ4n) is 1.29. The number of carbonyl (C=O) groups excluding carboxylic acids is 1. The van der Waals surface area contributed by atoms with Gasteiger partial charge in [-0.2, -0.15) is 0 Å². The Hall–Kier alpha value is -1.97. The first-order valence-electron chi connectivity index (χ1n) is 4.07. The van der Waals surface area contributed by atoms with Crippen molar-refractivity contribution < 1.29 is 19.1 Å². The number of para-hydroxylation sites is 1. The van der Waals surface area contributed by atoms with E-state index in [4.69, 9.17) is 4.42 Å². The van der Waals surface area contributed by atoms with Crippen LogP contribution < -0.4 is 0 Å². The van der Waals surface area contributed by atoms with Crippen LogP contribution in [-0.2, 0) is 16.1 Å². The lowest BCUT2D eigenvalue weighted by molar-refractivity contribution is -0.130. The average Bonchev–Trinajstić information content (AvgIpc) is 2.59. The van der Waals surface area contributed by atoms with Crippen molar-refractivity contribution in [2.45, 2.75) is 6.61 Å². The van der Waals surface area contributed by atoms with Crippen LogP contribution in [-0.4, -0.2) is 11.6 Å². The highest BCUT2D eigenvalue weighted by Gasteiger charge is 2.06. The summed E-state index contributed by atoms with van der Waals surface area (Å²) in [5.74, 6) is 0.591. The number of carbonyl (C=O) groups is 1. The molecule has 0 bridgehead atoms. The number of fused-ring (bicyclic) bond motifs is 1. The molecule has 14 heavy (non-hydrogen) atoms. The smallest absolute Gasteiger partial charge is 0.293 e. The van der Waals surface area contributed by atoms with Gasteiger partial charge in [-0.05, 0) is 12.1 Å². The van der Waals surface area contributed by atoms with Gasteiger partial charge in [-0.3, -0.25) is 4.79 Å². The molecule has 1 aromatic carbocycles. The Morgan fingerprint density at radius 3 is 3.07 bits per heavy atom. The third kappa shape index (κ3) is 1.42. The van der Waals surface area contributed by atoms with Crippen LogP contribution >= 0.6 is 0 Å². The maximum Gasteiger partial charge on any atom is 0.293 e. The fourth-order valence-corrected chi connectivity index (χ4v) is 1.29. The molecule has 1 N–H and O–H groups in total. The standard InChI is InChI=1S/C10H8O4/c11-6-13-5-8-4-7-2-1-3-9(12)10(7)14-8/h1-4,6,12H,5H2. The minimum Gasteiger partial charge on any atom is -0.504 e. The van der Waals surface area contributed by atoms with E-state index >= 15 is 0 Å². The molecule has 1 aromatic heterocycles. The van der Waals surface area contributed by atoms with Gasteiger partial charge in [-0.25, -0.2) is 0 Å². The van der Waals surface area contributed by atoms with Crippen molar-refractivity contribution in [1.82, 2.24) is 0 Å². The normalized spacial score (nSPS) is 10.3. The number of ether oxygens (including phenoxy) is 1. The summed E-state index contributed by atoms with van der Waals surface area (Å²) in [4.78, 5) is 9.95. The van der Waals surface area contributed by atoms with Gasteiger partial charge >= 0.3 is 0 Å². The molecule has 0 spiro atoms. The molecule has 72 valence electrons.